The van der Waals surface area contributed by atoms with E-state index in [4.69, 9.17) is 10.4 Å². The first-order chi connectivity index (χ1) is 7.74. The van der Waals surface area contributed by atoms with Crippen molar-refractivity contribution in [3.05, 3.63) is 28.8 Å². The molecule has 17 heavy (non-hydrogen) atoms. The van der Waals surface area contributed by atoms with Crippen LogP contribution in [-0.4, -0.2) is 25.7 Å². The number of carbonyl (C=O) groups is 1. The second-order valence-corrected chi connectivity index (χ2v) is 5.24. The van der Waals surface area contributed by atoms with Crippen molar-refractivity contribution in [2.45, 2.75) is 6.92 Å². The summed E-state index contributed by atoms with van der Waals surface area (Å²) >= 11 is 0. The highest BCUT2D eigenvalue weighted by atomic mass is 32.2. The molecular weight excluding hydrogens is 244 g/mol. The zero-order valence-corrected chi connectivity index (χ0v) is 10.00. The molecule has 90 valence electrons. The van der Waals surface area contributed by atoms with Crippen LogP contribution < -0.4 is 4.72 Å². The second kappa shape index (κ2) is 4.43. The van der Waals surface area contributed by atoms with Gasteiger partial charge in [0.05, 0.1) is 29.1 Å². The maximum Gasteiger partial charge on any atom is 0.336 e. The number of carboxylic acids is 1. The predicted octanol–water partition coefficient (Wildman–Crippen LogP) is 0.936. The summed E-state index contributed by atoms with van der Waals surface area (Å²) in [6, 6.07) is 4.29. The van der Waals surface area contributed by atoms with E-state index in [0.29, 0.717) is 5.56 Å². The first-order valence-corrected chi connectivity index (χ1v) is 6.39. The number of nitriles is 1. The Hall–Kier alpha value is -2.07. The number of benzene rings is 1. The van der Waals surface area contributed by atoms with Crippen LogP contribution in [0, 0.1) is 18.3 Å². The van der Waals surface area contributed by atoms with E-state index in [2.05, 4.69) is 4.72 Å². The van der Waals surface area contributed by atoms with Gasteiger partial charge in [0.25, 0.3) is 0 Å². The van der Waals surface area contributed by atoms with E-state index in [9.17, 15) is 13.2 Å². The van der Waals surface area contributed by atoms with Crippen LogP contribution in [0.15, 0.2) is 12.1 Å². The van der Waals surface area contributed by atoms with Crippen molar-refractivity contribution in [1.29, 1.82) is 5.26 Å². The lowest BCUT2D eigenvalue weighted by atomic mass is 10.0. The summed E-state index contributed by atoms with van der Waals surface area (Å²) in [5.41, 5.74) is 0.386. The lowest BCUT2D eigenvalue weighted by Crippen LogP contribution is -2.11. The fourth-order valence-electron chi connectivity index (χ4n) is 1.33. The summed E-state index contributed by atoms with van der Waals surface area (Å²) in [5.74, 6) is -1.21. The van der Waals surface area contributed by atoms with Crippen molar-refractivity contribution in [3.8, 4) is 6.07 Å². The molecule has 0 bridgehead atoms. The number of hydrogen-bond acceptors (Lipinski definition) is 4. The second-order valence-electron chi connectivity index (χ2n) is 3.49. The van der Waals surface area contributed by atoms with Crippen molar-refractivity contribution in [2.75, 3.05) is 11.0 Å². The molecule has 0 atom stereocenters. The molecule has 0 fully saturated rings. The SMILES string of the molecule is Cc1c(C#N)cc(NS(C)(=O)=O)cc1C(=O)O. The van der Waals surface area contributed by atoms with Gasteiger partial charge in [0.1, 0.15) is 0 Å². The third-order valence-electron chi connectivity index (χ3n) is 2.06. The minimum absolute atomic E-state index is 0.0621. The summed E-state index contributed by atoms with van der Waals surface area (Å²) in [7, 11) is -3.51. The molecule has 0 aromatic heterocycles. The molecule has 7 heteroatoms. The highest BCUT2D eigenvalue weighted by Crippen LogP contribution is 2.20. The zero-order valence-electron chi connectivity index (χ0n) is 9.18. The molecule has 0 radical (unpaired) electrons. The summed E-state index contributed by atoms with van der Waals surface area (Å²) in [6.45, 7) is 1.49. The van der Waals surface area contributed by atoms with Gasteiger partial charge in [-0.1, -0.05) is 0 Å². The molecule has 6 nitrogen and oxygen atoms in total. The minimum Gasteiger partial charge on any atom is -0.478 e. The molecule has 1 aromatic carbocycles. The normalized spacial score (nSPS) is 10.6. The Kier molecular flexibility index (Phi) is 3.39. The largest absolute Gasteiger partial charge is 0.478 e. The third-order valence-corrected chi connectivity index (χ3v) is 2.67. The van der Waals surface area contributed by atoms with Crippen LogP contribution in [0.5, 0.6) is 0 Å². The Labute approximate surface area is 98.6 Å². The molecule has 1 aromatic rings. The number of hydrogen-bond donors (Lipinski definition) is 2. The van der Waals surface area contributed by atoms with E-state index in [1.54, 1.807) is 0 Å². The number of carboxylic acid groups (broad SMARTS) is 1. The summed E-state index contributed by atoms with van der Waals surface area (Å²) in [4.78, 5) is 10.9. The zero-order chi connectivity index (χ0) is 13.2. The van der Waals surface area contributed by atoms with Gasteiger partial charge in [-0.3, -0.25) is 4.72 Å². The molecule has 0 aliphatic carbocycles. The highest BCUT2D eigenvalue weighted by molar-refractivity contribution is 7.92. The average Bonchev–Trinajstić information content (AvgIpc) is 2.17. The van der Waals surface area contributed by atoms with Crippen LogP contribution in [0.3, 0.4) is 0 Å². The molecule has 2 N–H and O–H groups in total. The van der Waals surface area contributed by atoms with Crippen molar-refractivity contribution < 1.29 is 18.3 Å². The number of nitrogens with zero attached hydrogens (tertiary/aromatic N) is 1. The van der Waals surface area contributed by atoms with E-state index < -0.39 is 16.0 Å². The highest BCUT2D eigenvalue weighted by Gasteiger charge is 2.14. The van der Waals surface area contributed by atoms with Crippen LogP contribution in [-0.2, 0) is 10.0 Å². The fourth-order valence-corrected chi connectivity index (χ4v) is 1.87. The topological polar surface area (TPSA) is 107 Å². The van der Waals surface area contributed by atoms with Gasteiger partial charge >= 0.3 is 5.97 Å². The van der Waals surface area contributed by atoms with E-state index in [-0.39, 0.29) is 16.8 Å². The monoisotopic (exact) mass is 254 g/mol. The lowest BCUT2D eigenvalue weighted by molar-refractivity contribution is 0.0696. The Morgan fingerprint density at radius 1 is 1.47 bits per heavy atom. The van der Waals surface area contributed by atoms with Crippen LogP contribution in [0.4, 0.5) is 5.69 Å². The summed E-state index contributed by atoms with van der Waals surface area (Å²) in [6.07, 6.45) is 0.944. The quantitative estimate of drug-likeness (QED) is 0.834. The van der Waals surface area contributed by atoms with Gasteiger partial charge in [-0.2, -0.15) is 5.26 Å². The number of aromatic carboxylic acids is 1. The Morgan fingerprint density at radius 2 is 2.06 bits per heavy atom. The van der Waals surface area contributed by atoms with Gasteiger partial charge in [0.2, 0.25) is 10.0 Å². The molecule has 0 amide bonds. The maximum absolute atomic E-state index is 11.0. The number of nitrogens with one attached hydrogen (secondary N) is 1. The van der Waals surface area contributed by atoms with E-state index in [1.165, 1.54) is 19.1 Å². The average molecular weight is 254 g/mol. The van der Waals surface area contributed by atoms with E-state index in [1.807, 2.05) is 6.07 Å². The standard InChI is InChI=1S/C10H10N2O4S/c1-6-7(5-11)3-8(12-17(2,15)16)4-9(6)10(13)14/h3-4,12H,1-2H3,(H,13,14). The van der Waals surface area contributed by atoms with E-state index >= 15 is 0 Å². The van der Waals surface area contributed by atoms with Gasteiger partial charge in [0, 0.05) is 0 Å². The molecule has 0 spiro atoms. The van der Waals surface area contributed by atoms with Crippen LogP contribution in [0.25, 0.3) is 0 Å². The van der Waals surface area contributed by atoms with Crippen molar-refractivity contribution in [1.82, 2.24) is 0 Å². The van der Waals surface area contributed by atoms with Crippen LogP contribution in [0.2, 0.25) is 0 Å². The van der Waals surface area contributed by atoms with Crippen LogP contribution >= 0.6 is 0 Å². The first kappa shape index (κ1) is 13.0. The number of rotatable bonds is 3. The van der Waals surface area contributed by atoms with Gasteiger partial charge < -0.3 is 5.11 Å². The van der Waals surface area contributed by atoms with Crippen molar-refractivity contribution >= 4 is 21.7 Å². The number of sulfonamides is 1. The van der Waals surface area contributed by atoms with Crippen molar-refractivity contribution in [3.63, 3.8) is 0 Å². The molecule has 0 aliphatic rings. The molecule has 1 rings (SSSR count). The number of anilines is 1. The Bertz CT molecular complexity index is 614. The molecular formula is C10H10N2O4S. The van der Waals surface area contributed by atoms with Gasteiger partial charge in [-0.05, 0) is 24.6 Å². The summed E-state index contributed by atoms with van der Waals surface area (Å²) in [5, 5.41) is 17.7. The van der Waals surface area contributed by atoms with Gasteiger partial charge in [-0.15, -0.1) is 0 Å². The summed E-state index contributed by atoms with van der Waals surface area (Å²) < 4.78 is 24.2. The fraction of sp³-hybridized carbons (Fsp3) is 0.200. The smallest absolute Gasteiger partial charge is 0.336 e. The maximum atomic E-state index is 11.0. The van der Waals surface area contributed by atoms with Gasteiger partial charge in [0.15, 0.2) is 0 Å². The third kappa shape index (κ3) is 3.19. The molecule has 0 aliphatic heterocycles. The molecule has 0 unspecified atom stereocenters. The first-order valence-electron chi connectivity index (χ1n) is 4.50. The Balaban J connectivity index is 3.42. The molecule has 0 saturated carbocycles. The minimum atomic E-state index is -3.51. The lowest BCUT2D eigenvalue weighted by Gasteiger charge is -2.08. The predicted molar refractivity (Wildman–Crippen MR) is 61.3 cm³/mol. The molecule has 0 saturated heterocycles. The van der Waals surface area contributed by atoms with Crippen molar-refractivity contribution in [2.24, 2.45) is 0 Å². The van der Waals surface area contributed by atoms with Crippen LogP contribution in [0.1, 0.15) is 21.5 Å². The Morgan fingerprint density at radius 3 is 2.47 bits per heavy atom. The molecule has 0 heterocycles. The van der Waals surface area contributed by atoms with E-state index in [0.717, 1.165) is 6.26 Å². The van der Waals surface area contributed by atoms with Gasteiger partial charge in [-0.25, -0.2) is 13.2 Å².